The van der Waals surface area contributed by atoms with E-state index >= 15 is 0 Å². The van der Waals surface area contributed by atoms with E-state index in [0.717, 1.165) is 77.0 Å². The van der Waals surface area contributed by atoms with Crippen LogP contribution in [0.4, 0.5) is 0 Å². The highest BCUT2D eigenvalue weighted by Gasteiger charge is 1.92. The molecule has 0 fully saturated rings. The Morgan fingerprint density at radius 3 is 0.412 bits per heavy atom. The number of hydrogen-bond acceptors (Lipinski definition) is 7. The van der Waals surface area contributed by atoms with Gasteiger partial charge >= 0.3 is 0 Å². The number of benzene rings is 7. The minimum absolute atomic E-state index is 0.240. The molecule has 0 aliphatic rings. The molecule has 0 spiro atoms. The summed E-state index contributed by atoms with van der Waals surface area (Å²) in [5.41, 5.74) is 8.90. The third-order valence-corrected chi connectivity index (χ3v) is 9.82. The summed E-state index contributed by atoms with van der Waals surface area (Å²) >= 11 is 0. The van der Waals surface area contributed by atoms with Crippen molar-refractivity contribution in [1.82, 2.24) is 0 Å². The zero-order valence-corrected chi connectivity index (χ0v) is 40.3. The summed E-state index contributed by atoms with van der Waals surface area (Å²) in [4.78, 5) is 0. The van der Waals surface area contributed by atoms with Crippen molar-refractivity contribution in [3.63, 3.8) is 0 Å². The van der Waals surface area contributed by atoms with Crippen LogP contribution in [-0.4, -0.2) is 82.0 Å². The maximum Gasteiger partial charge on any atom is 0.0471 e. The van der Waals surface area contributed by atoms with E-state index in [1.54, 1.807) is 0 Å². The van der Waals surface area contributed by atoms with Crippen LogP contribution in [-0.2, 0) is 44.9 Å². The average Bonchev–Trinajstić information content (AvgIpc) is 3.41. The molecule has 0 aromatic heterocycles. The molecule has 0 bridgehead atoms. The lowest BCUT2D eigenvalue weighted by atomic mass is 10.1. The van der Waals surface area contributed by atoms with Crippen molar-refractivity contribution < 1.29 is 35.7 Å². The summed E-state index contributed by atoms with van der Waals surface area (Å²) in [7, 11) is 0. The predicted molar refractivity (Wildman–Crippen MR) is 284 cm³/mol. The molecule has 68 heavy (non-hydrogen) atoms. The second-order valence-corrected chi connectivity index (χ2v) is 15.5. The smallest absolute Gasteiger partial charge is 0.0471 e. The third-order valence-electron chi connectivity index (χ3n) is 9.82. The molecular weight excluding hydrogens is 845 g/mol. The first-order valence-electron chi connectivity index (χ1n) is 24.1. The van der Waals surface area contributed by atoms with Gasteiger partial charge < -0.3 is 35.7 Å². The highest BCUT2D eigenvalue weighted by molar-refractivity contribution is 5.18. The molecule has 0 atom stereocenters. The molecule has 7 nitrogen and oxygen atoms in total. The van der Waals surface area contributed by atoms with Crippen LogP contribution in [0, 0.1) is 0 Å². The van der Waals surface area contributed by atoms with Crippen LogP contribution >= 0.6 is 0 Å². The van der Waals surface area contributed by atoms with E-state index in [-0.39, 0.29) is 46.2 Å². The second-order valence-electron chi connectivity index (χ2n) is 15.5. The van der Waals surface area contributed by atoms with Crippen molar-refractivity contribution in [3.05, 3.63) is 251 Å². The second kappa shape index (κ2) is 46.4. The lowest BCUT2D eigenvalue weighted by Gasteiger charge is -1.96. The summed E-state index contributed by atoms with van der Waals surface area (Å²) in [5, 5.41) is 59.7. The van der Waals surface area contributed by atoms with Crippen LogP contribution in [0.3, 0.4) is 0 Å². The highest BCUT2D eigenvalue weighted by atomic mass is 16.3. The number of aliphatic hydroxyl groups excluding tert-OH is 7. The quantitative estimate of drug-likeness (QED) is 0.0428. The third kappa shape index (κ3) is 36.4. The van der Waals surface area contributed by atoms with Gasteiger partial charge in [0.2, 0.25) is 0 Å². The van der Waals surface area contributed by atoms with Gasteiger partial charge in [-0.25, -0.2) is 0 Å². The van der Waals surface area contributed by atoms with Gasteiger partial charge in [0.15, 0.2) is 0 Å². The Morgan fingerprint density at radius 1 is 0.162 bits per heavy atom. The molecule has 7 aromatic rings. The lowest BCUT2D eigenvalue weighted by molar-refractivity contribution is 0.288. The maximum atomic E-state index is 8.53. The number of aliphatic hydroxyl groups is 7. The summed E-state index contributed by atoms with van der Waals surface area (Å²) in [6.45, 7) is 1.91. The van der Waals surface area contributed by atoms with Crippen molar-refractivity contribution in [1.29, 1.82) is 0 Å². The first-order chi connectivity index (χ1) is 33.5. The molecule has 0 aliphatic carbocycles. The molecule has 0 amide bonds. The van der Waals surface area contributed by atoms with E-state index in [9.17, 15) is 0 Å². The van der Waals surface area contributed by atoms with Crippen LogP contribution in [0.1, 0.15) is 71.0 Å². The normalized spacial score (nSPS) is 9.63. The van der Waals surface area contributed by atoms with E-state index in [2.05, 4.69) is 60.7 Å². The van der Waals surface area contributed by atoms with Gasteiger partial charge in [-0.15, -0.1) is 0 Å². The number of rotatable bonds is 19. The molecule has 0 saturated heterocycles. The molecule has 366 valence electrons. The Kier molecular flexibility index (Phi) is 41.1. The van der Waals surface area contributed by atoms with E-state index in [4.69, 9.17) is 35.7 Å². The molecule has 7 heteroatoms. The Hall–Kier alpha value is -5.74. The van der Waals surface area contributed by atoms with E-state index in [1.807, 2.05) is 152 Å². The Bertz CT molecular complexity index is 1710. The number of aryl methyl sites for hydroxylation is 5. The maximum absolute atomic E-state index is 8.53. The fourth-order valence-corrected chi connectivity index (χ4v) is 6.19. The zero-order chi connectivity index (χ0) is 49.2. The Balaban J connectivity index is 0.000000397. The minimum atomic E-state index is 0.240. The number of hydrogen-bond donors (Lipinski definition) is 7. The first-order valence-corrected chi connectivity index (χ1v) is 24.1. The van der Waals surface area contributed by atoms with Crippen molar-refractivity contribution in [2.75, 3.05) is 46.2 Å². The predicted octanol–water partition coefficient (Wildman–Crippen LogP) is 10.5. The Morgan fingerprint density at radius 2 is 0.294 bits per heavy atom. The summed E-state index contributed by atoms with van der Waals surface area (Å²) < 4.78 is 0. The van der Waals surface area contributed by atoms with Gasteiger partial charge in [-0.1, -0.05) is 212 Å². The van der Waals surface area contributed by atoms with Crippen molar-refractivity contribution in [2.24, 2.45) is 0 Å². The van der Waals surface area contributed by atoms with Gasteiger partial charge in [0.1, 0.15) is 0 Å². The van der Waals surface area contributed by atoms with E-state index in [0.29, 0.717) is 0 Å². The van der Waals surface area contributed by atoms with Crippen molar-refractivity contribution in [2.45, 2.75) is 77.0 Å². The van der Waals surface area contributed by atoms with Crippen LogP contribution in [0.2, 0.25) is 0 Å². The minimum Gasteiger partial charge on any atom is -0.396 e. The van der Waals surface area contributed by atoms with Gasteiger partial charge in [-0.3, -0.25) is 0 Å². The molecular formula is C61H80O7. The molecule has 0 heterocycles. The van der Waals surface area contributed by atoms with E-state index < -0.39 is 0 Å². The summed E-state index contributed by atoms with van der Waals surface area (Å²) in [6, 6.07) is 70.9. The van der Waals surface area contributed by atoms with Gasteiger partial charge in [0.25, 0.3) is 0 Å². The van der Waals surface area contributed by atoms with Gasteiger partial charge in [-0.2, -0.15) is 0 Å². The van der Waals surface area contributed by atoms with E-state index in [1.165, 1.54) is 38.9 Å². The zero-order valence-electron chi connectivity index (χ0n) is 40.3. The van der Waals surface area contributed by atoms with Crippen LogP contribution in [0.15, 0.2) is 212 Å². The summed E-state index contributed by atoms with van der Waals surface area (Å²) in [5.74, 6) is 0. The SMILES string of the molecule is OCCCc1ccccc1.OCCCc1ccccc1.OCCCc1ccccc1.OCCCc1ccccc1.OCCCc1ccccc1.OCCc1ccccc1.OCCc1ccccc1. The first kappa shape index (κ1) is 60.3. The molecule has 0 unspecified atom stereocenters. The lowest BCUT2D eigenvalue weighted by Crippen LogP contribution is -1.88. The Labute approximate surface area is 408 Å². The molecule has 0 saturated carbocycles. The average molecular weight is 925 g/mol. The van der Waals surface area contributed by atoms with Crippen LogP contribution in [0.25, 0.3) is 0 Å². The molecule has 0 radical (unpaired) electrons. The molecule has 0 aliphatic heterocycles. The molecule has 7 rings (SSSR count). The van der Waals surface area contributed by atoms with Crippen molar-refractivity contribution in [3.8, 4) is 0 Å². The van der Waals surface area contributed by atoms with Gasteiger partial charge in [0.05, 0.1) is 0 Å². The standard InChI is InChI=1S/5C9H12O.2C8H10O/c5*10-8-4-7-9-5-2-1-3-6-9;2*9-7-6-8-4-2-1-3-5-8/h5*1-3,5-6,10H,4,7-8H2;2*1-5,9H,6-7H2. The topological polar surface area (TPSA) is 142 Å². The largest absolute Gasteiger partial charge is 0.396 e. The summed E-state index contributed by atoms with van der Waals surface area (Å²) in [6.07, 6.45) is 10.8. The molecule has 7 aromatic carbocycles. The molecule has 7 N–H and O–H groups in total. The monoisotopic (exact) mass is 925 g/mol. The van der Waals surface area contributed by atoms with Gasteiger partial charge in [0, 0.05) is 46.2 Å². The van der Waals surface area contributed by atoms with Crippen LogP contribution in [0.5, 0.6) is 0 Å². The van der Waals surface area contributed by atoms with Crippen molar-refractivity contribution >= 4 is 0 Å². The van der Waals surface area contributed by atoms with Gasteiger partial charge in [-0.05, 0) is 116 Å². The highest BCUT2D eigenvalue weighted by Crippen LogP contribution is 2.05. The fraction of sp³-hybridized carbons (Fsp3) is 0.311. The van der Waals surface area contributed by atoms with Crippen LogP contribution < -0.4 is 0 Å². The fourth-order valence-electron chi connectivity index (χ4n) is 6.19.